The lowest BCUT2D eigenvalue weighted by Crippen LogP contribution is -2.25. The van der Waals surface area contributed by atoms with Crippen molar-refractivity contribution in [2.24, 2.45) is 16.7 Å². The van der Waals surface area contributed by atoms with E-state index in [2.05, 4.69) is 71.5 Å². The van der Waals surface area contributed by atoms with Crippen molar-refractivity contribution in [3.05, 3.63) is 83.1 Å². The molecule has 2 saturated carbocycles. The predicted octanol–water partition coefficient (Wildman–Crippen LogP) is 5.45. The number of hydrogen-bond donors (Lipinski definition) is 3. The Kier molecular flexibility index (Phi) is 5.39. The van der Waals surface area contributed by atoms with E-state index in [1.165, 1.54) is 11.1 Å². The van der Waals surface area contributed by atoms with Crippen LogP contribution < -0.4 is 20.6 Å². The number of para-hydroxylation sites is 1. The number of pyridine rings is 1. The molecule has 3 aliphatic carbocycles. The lowest BCUT2D eigenvalue weighted by atomic mass is 9.92. The third-order valence-corrected chi connectivity index (χ3v) is 8.81. The number of hydrogen-bond acceptors (Lipinski definition) is 5. The van der Waals surface area contributed by atoms with Gasteiger partial charge in [0.1, 0.15) is 11.4 Å². The average Bonchev–Trinajstić information content (AvgIpc) is 3.71. The van der Waals surface area contributed by atoms with Crippen LogP contribution in [0.2, 0.25) is 0 Å². The molecule has 1 amide bonds. The van der Waals surface area contributed by atoms with Crippen molar-refractivity contribution >= 4 is 39.9 Å². The highest BCUT2D eigenvalue weighted by molar-refractivity contribution is 6.03. The number of ether oxygens (including phenoxy) is 1. The first-order valence-corrected chi connectivity index (χ1v) is 14.7. The molecule has 214 valence electrons. The number of imidazole rings is 1. The van der Waals surface area contributed by atoms with E-state index in [0.29, 0.717) is 12.3 Å². The van der Waals surface area contributed by atoms with Crippen LogP contribution >= 0.6 is 0 Å². The summed E-state index contributed by atoms with van der Waals surface area (Å²) in [5, 5.41) is 13.2. The zero-order valence-electron chi connectivity index (χ0n) is 24.6. The predicted molar refractivity (Wildman–Crippen MR) is 168 cm³/mol. The Morgan fingerprint density at radius 1 is 1.09 bits per heavy atom. The van der Waals surface area contributed by atoms with Gasteiger partial charge < -0.3 is 15.0 Å². The smallest absolute Gasteiger partial charge is 0.224 e. The quantitative estimate of drug-likeness (QED) is 0.253. The fourth-order valence-electron chi connectivity index (χ4n) is 6.73. The summed E-state index contributed by atoms with van der Waals surface area (Å²) >= 11 is 0. The summed E-state index contributed by atoms with van der Waals surface area (Å²) in [6.07, 6.45) is 9.48. The van der Waals surface area contributed by atoms with E-state index >= 15 is 0 Å². The van der Waals surface area contributed by atoms with Crippen molar-refractivity contribution in [3.63, 3.8) is 0 Å². The van der Waals surface area contributed by atoms with Gasteiger partial charge in [0.15, 0.2) is 5.82 Å². The van der Waals surface area contributed by atoms with Crippen molar-refractivity contribution in [1.82, 2.24) is 25.1 Å². The Morgan fingerprint density at radius 3 is 2.77 bits per heavy atom. The van der Waals surface area contributed by atoms with Crippen LogP contribution in [0.3, 0.4) is 0 Å². The SMILES string of the molecule is COc1cccc(-c2cccc3[nH]c(-c4n[nH]c5c4=C4[C@@H]6CC46C(c4cncc(NC(=O)CC(C)(C)C)c4)=CC=5)nc23)c1. The lowest BCUT2D eigenvalue weighted by Gasteiger charge is -2.17. The summed E-state index contributed by atoms with van der Waals surface area (Å²) in [5.74, 6) is 2.04. The minimum absolute atomic E-state index is 0.0000778. The number of benzene rings is 2. The first-order chi connectivity index (χ1) is 20.7. The molecular formula is C35H32N6O2. The van der Waals surface area contributed by atoms with Crippen LogP contribution in [0.1, 0.15) is 39.2 Å². The summed E-state index contributed by atoms with van der Waals surface area (Å²) in [7, 11) is 1.68. The standard InChI is InChI=1S/C35H32N6O2/c1-34(2,3)16-28(42)37-21-13-20(17-36-18-21)24-11-12-26-29(30-25-15-35(24,25)30)32(41-40-26)33-38-27-10-6-9-23(31(27)39-33)19-7-5-8-22(14-19)43-4/h5-14,17-18,25,40H,15-16H2,1-4H3,(H,37,42)(H,38,39)/t25-,35?/m0/s1. The van der Waals surface area contributed by atoms with Crippen LogP contribution in [0.25, 0.3) is 50.9 Å². The van der Waals surface area contributed by atoms with Crippen LogP contribution in [0.5, 0.6) is 5.75 Å². The van der Waals surface area contributed by atoms with Crippen LogP contribution in [0.4, 0.5) is 5.69 Å². The average molecular weight is 569 g/mol. The van der Waals surface area contributed by atoms with E-state index in [1.54, 1.807) is 13.3 Å². The van der Waals surface area contributed by atoms with E-state index in [0.717, 1.165) is 67.7 Å². The van der Waals surface area contributed by atoms with E-state index in [1.807, 2.05) is 36.5 Å². The molecule has 8 nitrogen and oxygen atoms in total. The molecule has 0 radical (unpaired) electrons. The summed E-state index contributed by atoms with van der Waals surface area (Å²) in [6.45, 7) is 6.19. The third-order valence-electron chi connectivity index (χ3n) is 8.81. The highest BCUT2D eigenvalue weighted by atomic mass is 16.5. The van der Waals surface area contributed by atoms with Gasteiger partial charge in [-0.2, -0.15) is 5.10 Å². The molecule has 3 aromatic heterocycles. The van der Waals surface area contributed by atoms with Gasteiger partial charge in [-0.05, 0) is 70.4 Å². The number of fused-ring (bicyclic) bond motifs is 3. The Morgan fingerprint density at radius 2 is 1.95 bits per heavy atom. The molecule has 8 heteroatoms. The zero-order valence-corrected chi connectivity index (χ0v) is 24.6. The molecular weight excluding hydrogens is 536 g/mol. The van der Waals surface area contributed by atoms with Gasteiger partial charge in [0.25, 0.3) is 0 Å². The molecule has 3 heterocycles. The van der Waals surface area contributed by atoms with Crippen molar-refractivity contribution in [2.45, 2.75) is 33.6 Å². The van der Waals surface area contributed by atoms with Crippen LogP contribution in [-0.2, 0) is 4.79 Å². The normalized spacial score (nSPS) is 19.9. The fraction of sp³-hybridized carbons (Fsp3) is 0.257. The molecule has 2 atom stereocenters. The van der Waals surface area contributed by atoms with E-state index < -0.39 is 0 Å². The number of amides is 1. The monoisotopic (exact) mass is 568 g/mol. The Hall–Kier alpha value is -4.98. The molecule has 0 saturated heterocycles. The maximum Gasteiger partial charge on any atom is 0.224 e. The minimum Gasteiger partial charge on any atom is -0.497 e. The highest BCUT2D eigenvalue weighted by Gasteiger charge is 2.77. The molecule has 3 aliphatic rings. The Balaban J connectivity index is 1.16. The van der Waals surface area contributed by atoms with Gasteiger partial charge in [-0.25, -0.2) is 4.98 Å². The highest BCUT2D eigenvalue weighted by Crippen LogP contribution is 2.85. The fourth-order valence-corrected chi connectivity index (χ4v) is 6.73. The second-order valence-corrected chi connectivity index (χ2v) is 13.0. The summed E-state index contributed by atoms with van der Waals surface area (Å²) in [5.41, 5.74) is 9.11. The maximum absolute atomic E-state index is 12.6. The van der Waals surface area contributed by atoms with Crippen LogP contribution in [0, 0.1) is 16.7 Å². The molecule has 8 rings (SSSR count). The van der Waals surface area contributed by atoms with Crippen molar-refractivity contribution in [2.75, 3.05) is 12.4 Å². The van der Waals surface area contributed by atoms with E-state index in [4.69, 9.17) is 14.8 Å². The van der Waals surface area contributed by atoms with Gasteiger partial charge in [0.05, 0.1) is 35.4 Å². The Labute approximate surface area is 248 Å². The number of H-pyrrole nitrogens is 2. The molecule has 3 N–H and O–H groups in total. The largest absolute Gasteiger partial charge is 0.497 e. The number of methoxy groups -OCH3 is 1. The van der Waals surface area contributed by atoms with Gasteiger partial charge in [-0.3, -0.25) is 14.9 Å². The van der Waals surface area contributed by atoms with Crippen molar-refractivity contribution < 1.29 is 9.53 Å². The summed E-state index contributed by atoms with van der Waals surface area (Å²) in [4.78, 5) is 25.7. The minimum atomic E-state index is -0.0824. The number of aromatic amines is 2. The van der Waals surface area contributed by atoms with Gasteiger partial charge in [-0.1, -0.05) is 51.1 Å². The van der Waals surface area contributed by atoms with E-state index in [9.17, 15) is 4.79 Å². The van der Waals surface area contributed by atoms with Crippen LogP contribution in [-0.4, -0.2) is 38.2 Å². The number of allylic oxidation sites excluding steroid dienone is 2. The molecule has 2 fully saturated rings. The number of nitrogens with one attached hydrogen (secondary N) is 3. The van der Waals surface area contributed by atoms with Crippen molar-refractivity contribution in [1.29, 1.82) is 0 Å². The Bertz CT molecular complexity index is 2130. The molecule has 0 bridgehead atoms. The zero-order chi connectivity index (χ0) is 29.5. The van der Waals surface area contributed by atoms with Crippen LogP contribution in [0.15, 0.2) is 67.0 Å². The van der Waals surface area contributed by atoms with Gasteiger partial charge in [0, 0.05) is 28.8 Å². The maximum atomic E-state index is 12.6. The molecule has 1 unspecified atom stereocenters. The number of anilines is 1. The first-order valence-electron chi connectivity index (χ1n) is 14.7. The van der Waals surface area contributed by atoms with Gasteiger partial charge >= 0.3 is 0 Å². The topological polar surface area (TPSA) is 109 Å². The molecule has 1 spiro atoms. The second kappa shape index (κ2) is 9.01. The van der Waals surface area contributed by atoms with Crippen molar-refractivity contribution in [3.8, 4) is 28.4 Å². The number of carbonyl (C=O) groups is 1. The molecule has 0 aliphatic heterocycles. The number of rotatable bonds is 6. The van der Waals surface area contributed by atoms with E-state index in [-0.39, 0.29) is 16.7 Å². The first kappa shape index (κ1) is 25.7. The van der Waals surface area contributed by atoms with Gasteiger partial charge in [-0.15, -0.1) is 0 Å². The molecule has 43 heavy (non-hydrogen) atoms. The molecule has 5 aromatic rings. The third kappa shape index (κ3) is 4.12. The summed E-state index contributed by atoms with van der Waals surface area (Å²) < 4.78 is 5.46. The second-order valence-electron chi connectivity index (χ2n) is 13.0. The summed E-state index contributed by atoms with van der Waals surface area (Å²) in [6, 6.07) is 16.3. The van der Waals surface area contributed by atoms with Gasteiger partial charge in [0.2, 0.25) is 5.91 Å². The lowest BCUT2D eigenvalue weighted by molar-refractivity contribution is -0.117. The molecule has 2 aromatic carbocycles. The number of aromatic nitrogens is 5. The number of nitrogens with zero attached hydrogens (tertiary/aromatic N) is 3. The number of carbonyl (C=O) groups excluding carboxylic acids is 1.